The Morgan fingerprint density at radius 2 is 1.66 bits per heavy atom. The second-order valence-electron chi connectivity index (χ2n) is 8.68. The second kappa shape index (κ2) is 9.96. The molecular weight excluding hydrogens is 398 g/mol. The molecule has 0 bridgehead atoms. The molecule has 2 amide bonds. The summed E-state index contributed by atoms with van der Waals surface area (Å²) in [6.07, 6.45) is 2.29. The topological polar surface area (TPSA) is 52.7 Å². The van der Waals surface area contributed by atoms with Crippen molar-refractivity contribution in [3.63, 3.8) is 0 Å². The van der Waals surface area contributed by atoms with Gasteiger partial charge in [0.15, 0.2) is 0 Å². The van der Waals surface area contributed by atoms with Crippen molar-refractivity contribution >= 4 is 22.6 Å². The largest absolute Gasteiger partial charge is 0.340 e. The van der Waals surface area contributed by atoms with Gasteiger partial charge in [-0.15, -0.1) is 0 Å². The summed E-state index contributed by atoms with van der Waals surface area (Å²) in [5.41, 5.74) is 2.12. The van der Waals surface area contributed by atoms with E-state index in [2.05, 4.69) is 35.6 Å². The van der Waals surface area contributed by atoms with Gasteiger partial charge in [0, 0.05) is 27.1 Å². The molecule has 0 spiro atoms. The van der Waals surface area contributed by atoms with E-state index >= 15 is 0 Å². The highest BCUT2D eigenvalue weighted by Gasteiger charge is 2.34. The Kier molecular flexibility index (Phi) is 6.86. The SMILES string of the molecule is CN(Cc1ccccc1)C(=O)[C@H](Cc1ccc2ccccc2c1)N(C)C(=O)[C@@H]1CCCN1. The van der Waals surface area contributed by atoms with Gasteiger partial charge in [-0.05, 0) is 41.3 Å². The zero-order valence-electron chi connectivity index (χ0n) is 18.8. The van der Waals surface area contributed by atoms with Crippen molar-refractivity contribution in [2.75, 3.05) is 20.6 Å². The van der Waals surface area contributed by atoms with E-state index in [-0.39, 0.29) is 17.9 Å². The van der Waals surface area contributed by atoms with Gasteiger partial charge in [-0.2, -0.15) is 0 Å². The number of fused-ring (bicyclic) bond motifs is 1. The van der Waals surface area contributed by atoms with Gasteiger partial charge >= 0.3 is 0 Å². The molecule has 3 aromatic carbocycles. The quantitative estimate of drug-likeness (QED) is 0.624. The number of likely N-dealkylation sites (N-methyl/N-ethyl adjacent to an activating group) is 2. The minimum absolute atomic E-state index is 0.00486. The number of hydrogen-bond acceptors (Lipinski definition) is 3. The van der Waals surface area contributed by atoms with Crippen LogP contribution in [0.4, 0.5) is 0 Å². The van der Waals surface area contributed by atoms with E-state index in [1.54, 1.807) is 16.8 Å². The number of carbonyl (C=O) groups excluding carboxylic acids is 2. The van der Waals surface area contributed by atoms with Gasteiger partial charge in [0.1, 0.15) is 6.04 Å². The number of amides is 2. The van der Waals surface area contributed by atoms with E-state index in [0.717, 1.165) is 35.9 Å². The van der Waals surface area contributed by atoms with Crippen molar-refractivity contribution in [2.24, 2.45) is 0 Å². The fourth-order valence-electron chi connectivity index (χ4n) is 4.46. The lowest BCUT2D eigenvalue weighted by Crippen LogP contribution is -2.53. The highest BCUT2D eigenvalue weighted by Crippen LogP contribution is 2.20. The maximum absolute atomic E-state index is 13.6. The molecule has 32 heavy (non-hydrogen) atoms. The molecule has 2 atom stereocenters. The van der Waals surface area contributed by atoms with Crippen LogP contribution in [0.3, 0.4) is 0 Å². The molecule has 0 aliphatic carbocycles. The molecule has 3 aromatic rings. The Balaban J connectivity index is 1.58. The van der Waals surface area contributed by atoms with Crippen LogP contribution in [0.2, 0.25) is 0 Å². The monoisotopic (exact) mass is 429 g/mol. The van der Waals surface area contributed by atoms with Crippen LogP contribution in [-0.2, 0) is 22.6 Å². The van der Waals surface area contributed by atoms with Crippen LogP contribution in [0.15, 0.2) is 72.8 Å². The van der Waals surface area contributed by atoms with E-state index in [1.807, 2.05) is 49.5 Å². The van der Waals surface area contributed by atoms with Gasteiger partial charge in [-0.1, -0.05) is 72.8 Å². The summed E-state index contributed by atoms with van der Waals surface area (Å²) in [4.78, 5) is 30.1. The Labute approximate surface area is 190 Å². The number of nitrogens with zero attached hydrogens (tertiary/aromatic N) is 2. The third-order valence-corrected chi connectivity index (χ3v) is 6.34. The highest BCUT2D eigenvalue weighted by atomic mass is 16.2. The summed E-state index contributed by atoms with van der Waals surface area (Å²) in [5, 5.41) is 5.58. The molecule has 4 rings (SSSR count). The Morgan fingerprint density at radius 1 is 0.938 bits per heavy atom. The zero-order chi connectivity index (χ0) is 22.5. The summed E-state index contributed by atoms with van der Waals surface area (Å²) in [6.45, 7) is 1.36. The van der Waals surface area contributed by atoms with Gasteiger partial charge in [0.25, 0.3) is 0 Å². The first kappa shape index (κ1) is 22.0. The van der Waals surface area contributed by atoms with E-state index in [1.165, 1.54) is 5.39 Å². The fourth-order valence-corrected chi connectivity index (χ4v) is 4.46. The number of nitrogens with one attached hydrogen (secondary N) is 1. The summed E-state index contributed by atoms with van der Waals surface area (Å²) >= 11 is 0. The van der Waals surface area contributed by atoms with Crippen molar-refractivity contribution in [3.8, 4) is 0 Å². The molecule has 5 nitrogen and oxygen atoms in total. The molecule has 0 unspecified atom stereocenters. The Morgan fingerprint density at radius 3 is 2.38 bits per heavy atom. The molecule has 1 fully saturated rings. The molecule has 0 aromatic heterocycles. The normalized spacial score (nSPS) is 16.6. The van der Waals surface area contributed by atoms with E-state index in [0.29, 0.717) is 13.0 Å². The van der Waals surface area contributed by atoms with Crippen molar-refractivity contribution in [3.05, 3.63) is 83.9 Å². The number of rotatable bonds is 7. The smallest absolute Gasteiger partial charge is 0.245 e. The van der Waals surface area contributed by atoms with Crippen LogP contribution in [0, 0.1) is 0 Å². The first-order valence-corrected chi connectivity index (χ1v) is 11.3. The summed E-state index contributed by atoms with van der Waals surface area (Å²) < 4.78 is 0. The fraction of sp³-hybridized carbons (Fsp3) is 0.333. The molecule has 1 aliphatic heterocycles. The average molecular weight is 430 g/mol. The maximum Gasteiger partial charge on any atom is 0.245 e. The predicted octanol–water partition coefficient (Wildman–Crippen LogP) is 3.62. The van der Waals surface area contributed by atoms with Gasteiger partial charge in [0.05, 0.1) is 6.04 Å². The third-order valence-electron chi connectivity index (χ3n) is 6.34. The minimum Gasteiger partial charge on any atom is -0.340 e. The van der Waals surface area contributed by atoms with Gasteiger partial charge < -0.3 is 15.1 Å². The first-order chi connectivity index (χ1) is 15.5. The predicted molar refractivity (Wildman–Crippen MR) is 128 cm³/mol. The van der Waals surface area contributed by atoms with Gasteiger partial charge in [-0.25, -0.2) is 0 Å². The molecule has 1 saturated heterocycles. The van der Waals surface area contributed by atoms with Crippen LogP contribution in [0.5, 0.6) is 0 Å². The van der Waals surface area contributed by atoms with Gasteiger partial charge in [-0.3, -0.25) is 9.59 Å². The summed E-state index contributed by atoms with van der Waals surface area (Å²) in [7, 11) is 3.58. The molecule has 1 aliphatic rings. The van der Waals surface area contributed by atoms with Crippen LogP contribution in [0.1, 0.15) is 24.0 Å². The average Bonchev–Trinajstić information content (AvgIpc) is 3.37. The summed E-state index contributed by atoms with van der Waals surface area (Å²) in [6, 6.07) is 23.6. The van der Waals surface area contributed by atoms with E-state index in [9.17, 15) is 9.59 Å². The van der Waals surface area contributed by atoms with Crippen LogP contribution >= 0.6 is 0 Å². The van der Waals surface area contributed by atoms with Crippen LogP contribution < -0.4 is 5.32 Å². The van der Waals surface area contributed by atoms with Crippen LogP contribution in [0.25, 0.3) is 10.8 Å². The summed E-state index contributed by atoms with van der Waals surface area (Å²) in [5.74, 6) is -0.0504. The molecule has 1 N–H and O–H groups in total. The van der Waals surface area contributed by atoms with E-state index in [4.69, 9.17) is 0 Å². The second-order valence-corrected chi connectivity index (χ2v) is 8.68. The molecule has 166 valence electrons. The first-order valence-electron chi connectivity index (χ1n) is 11.3. The van der Waals surface area contributed by atoms with Crippen LogP contribution in [-0.4, -0.2) is 54.3 Å². The Hall–Kier alpha value is -3.18. The van der Waals surface area contributed by atoms with Crippen molar-refractivity contribution < 1.29 is 9.59 Å². The highest BCUT2D eigenvalue weighted by molar-refractivity contribution is 5.90. The number of hydrogen-bond donors (Lipinski definition) is 1. The number of carbonyl (C=O) groups is 2. The van der Waals surface area contributed by atoms with E-state index < -0.39 is 6.04 Å². The van der Waals surface area contributed by atoms with Gasteiger partial charge in [0.2, 0.25) is 11.8 Å². The number of benzene rings is 3. The maximum atomic E-state index is 13.6. The lowest BCUT2D eigenvalue weighted by Gasteiger charge is -2.32. The third kappa shape index (κ3) is 5.00. The Bertz CT molecular complexity index is 1080. The molecule has 0 radical (unpaired) electrons. The lowest BCUT2D eigenvalue weighted by atomic mass is 9.99. The molecule has 1 heterocycles. The van der Waals surface area contributed by atoms with Crippen molar-refractivity contribution in [2.45, 2.75) is 37.9 Å². The molecule has 0 saturated carbocycles. The molecule has 5 heteroatoms. The molecular formula is C27H31N3O2. The van der Waals surface area contributed by atoms with Crippen molar-refractivity contribution in [1.82, 2.24) is 15.1 Å². The standard InChI is InChI=1S/C27H31N3O2/c1-29(19-20-9-4-3-5-10-20)27(32)25(30(2)26(31)24-13-8-16-28-24)18-21-14-15-22-11-6-7-12-23(22)17-21/h3-7,9-12,14-15,17,24-25,28H,8,13,16,18-19H2,1-2H3/t24-,25-/m0/s1. The minimum atomic E-state index is -0.556. The lowest BCUT2D eigenvalue weighted by molar-refractivity contribution is -0.145. The van der Waals surface area contributed by atoms with Crippen molar-refractivity contribution in [1.29, 1.82) is 0 Å². The zero-order valence-corrected chi connectivity index (χ0v) is 18.8.